The average molecular weight is 408 g/mol. The van der Waals surface area contributed by atoms with Crippen LogP contribution in [0.2, 0.25) is 0 Å². The highest BCUT2D eigenvalue weighted by Crippen LogP contribution is 2.26. The highest BCUT2D eigenvalue weighted by molar-refractivity contribution is 7.85. The molecule has 3 aromatic rings. The van der Waals surface area contributed by atoms with Crippen molar-refractivity contribution in [2.75, 3.05) is 7.11 Å². The minimum Gasteiger partial charge on any atom is -0.468 e. The lowest BCUT2D eigenvalue weighted by molar-refractivity contribution is -0.142. The zero-order valence-electron chi connectivity index (χ0n) is 15.0. The summed E-state index contributed by atoms with van der Waals surface area (Å²) in [6, 6.07) is 13.5. The van der Waals surface area contributed by atoms with Crippen molar-refractivity contribution in [3.05, 3.63) is 65.0 Å². The molecule has 1 aromatic heterocycles. The maximum Gasteiger partial charge on any atom is 0.322 e. The molecule has 0 aliphatic heterocycles. The molecule has 3 rings (SSSR count). The van der Waals surface area contributed by atoms with Gasteiger partial charge >= 0.3 is 5.97 Å². The minimum absolute atomic E-state index is 0.0666. The minimum atomic E-state index is -4.02. The monoisotopic (exact) mass is 407 g/mol. The number of rotatable bonds is 4. The van der Waals surface area contributed by atoms with Gasteiger partial charge in [0.15, 0.2) is 0 Å². The number of fused-ring (bicyclic) bond motifs is 1. The quantitative estimate of drug-likeness (QED) is 0.508. The summed E-state index contributed by atoms with van der Waals surface area (Å²) < 4.78 is 35.4. The molecule has 3 N–H and O–H groups in total. The molecule has 0 aliphatic rings. The second-order valence-electron chi connectivity index (χ2n) is 5.88. The molecule has 0 bridgehead atoms. The van der Waals surface area contributed by atoms with Crippen LogP contribution in [0.5, 0.6) is 0 Å². The third kappa shape index (κ3) is 5.86. The number of carbonyl (C=O) groups excluding carboxylic acids is 1. The van der Waals surface area contributed by atoms with Crippen molar-refractivity contribution in [1.29, 1.82) is 0 Å². The van der Waals surface area contributed by atoms with Gasteiger partial charge in [0, 0.05) is 4.70 Å². The fourth-order valence-electron chi connectivity index (χ4n) is 2.37. The number of ether oxygens (including phenoxy) is 1. The zero-order chi connectivity index (χ0) is 20.0. The van der Waals surface area contributed by atoms with Gasteiger partial charge in [0.25, 0.3) is 10.1 Å². The Morgan fingerprint density at radius 3 is 2.41 bits per heavy atom. The summed E-state index contributed by atoms with van der Waals surface area (Å²) >= 11 is 1.67. The average Bonchev–Trinajstić information content (AvgIpc) is 3.04. The van der Waals surface area contributed by atoms with Crippen LogP contribution in [0.3, 0.4) is 0 Å². The van der Waals surface area contributed by atoms with Crippen LogP contribution in [0, 0.1) is 6.92 Å². The van der Waals surface area contributed by atoms with E-state index in [2.05, 4.69) is 10.8 Å². The lowest BCUT2D eigenvalue weighted by Crippen LogP contribution is -2.33. The Labute approximate surface area is 162 Å². The maximum absolute atomic E-state index is 11.2. The summed E-state index contributed by atoms with van der Waals surface area (Å²) in [5.74, 6) is -0.365. The molecule has 2 aromatic carbocycles. The maximum atomic E-state index is 11.2. The molecule has 0 amide bonds. The van der Waals surface area contributed by atoms with Gasteiger partial charge in [-0.2, -0.15) is 8.42 Å². The molecule has 0 saturated carbocycles. The Balaban J connectivity index is 0.000000208. The Morgan fingerprint density at radius 1 is 1.19 bits per heavy atom. The highest BCUT2D eigenvalue weighted by Gasteiger charge is 2.16. The second-order valence-corrected chi connectivity index (χ2v) is 8.21. The van der Waals surface area contributed by atoms with Crippen molar-refractivity contribution < 1.29 is 22.5 Å². The molecule has 0 fully saturated rings. The molecule has 1 heterocycles. The molecule has 1 unspecified atom stereocenters. The van der Waals surface area contributed by atoms with E-state index in [4.69, 9.17) is 10.3 Å². The molecule has 0 radical (unpaired) electrons. The number of carbonyl (C=O) groups is 1. The molecule has 0 saturated heterocycles. The van der Waals surface area contributed by atoms with Gasteiger partial charge in [-0.1, -0.05) is 35.9 Å². The topological polar surface area (TPSA) is 107 Å². The highest BCUT2D eigenvalue weighted by atomic mass is 32.2. The van der Waals surface area contributed by atoms with Gasteiger partial charge in [-0.15, -0.1) is 11.3 Å². The van der Waals surface area contributed by atoms with E-state index in [-0.39, 0.29) is 10.9 Å². The first-order valence-corrected chi connectivity index (χ1v) is 10.4. The SMILES string of the molecule is COC(=O)C(N)Cc1csc2ccccc12.Cc1ccc(S(=O)(=O)O)cc1. The van der Waals surface area contributed by atoms with E-state index in [1.54, 1.807) is 23.5 Å². The van der Waals surface area contributed by atoms with Crippen LogP contribution >= 0.6 is 11.3 Å². The lowest BCUT2D eigenvalue weighted by atomic mass is 10.1. The number of aryl methyl sites for hydroxylation is 1. The number of nitrogens with two attached hydrogens (primary N) is 1. The Morgan fingerprint density at radius 2 is 1.81 bits per heavy atom. The van der Waals surface area contributed by atoms with E-state index in [9.17, 15) is 13.2 Å². The Kier molecular flexibility index (Phi) is 7.09. The van der Waals surface area contributed by atoms with Crippen molar-refractivity contribution in [3.63, 3.8) is 0 Å². The molecule has 27 heavy (non-hydrogen) atoms. The number of benzene rings is 2. The van der Waals surface area contributed by atoms with E-state index in [0.29, 0.717) is 6.42 Å². The second kappa shape index (κ2) is 9.09. The van der Waals surface area contributed by atoms with Crippen LogP contribution in [-0.2, 0) is 26.1 Å². The third-order valence-electron chi connectivity index (χ3n) is 3.82. The molecule has 8 heteroatoms. The first-order valence-electron chi connectivity index (χ1n) is 8.05. The van der Waals surface area contributed by atoms with E-state index >= 15 is 0 Å². The van der Waals surface area contributed by atoms with Gasteiger partial charge in [0.1, 0.15) is 6.04 Å². The number of methoxy groups -OCH3 is 1. The van der Waals surface area contributed by atoms with Crippen molar-refractivity contribution in [2.45, 2.75) is 24.3 Å². The standard InChI is InChI=1S/C12H13NO2S.C7H8O3S/c1-15-12(14)10(13)6-8-7-16-11-5-3-2-4-9(8)11;1-6-2-4-7(5-3-6)11(8,9)10/h2-5,7,10H,6,13H2,1H3;2-5H,1H3,(H,8,9,10). The van der Waals surface area contributed by atoms with Gasteiger partial charge in [-0.05, 0) is 47.9 Å². The van der Waals surface area contributed by atoms with Crippen LogP contribution in [-0.4, -0.2) is 32.1 Å². The predicted molar refractivity (Wildman–Crippen MR) is 107 cm³/mol. The molecule has 6 nitrogen and oxygen atoms in total. The molecular weight excluding hydrogens is 386 g/mol. The number of hydrogen-bond donors (Lipinski definition) is 2. The smallest absolute Gasteiger partial charge is 0.322 e. The van der Waals surface area contributed by atoms with Gasteiger partial charge in [0.05, 0.1) is 12.0 Å². The van der Waals surface area contributed by atoms with E-state index in [0.717, 1.165) is 11.1 Å². The van der Waals surface area contributed by atoms with E-state index < -0.39 is 16.2 Å². The van der Waals surface area contributed by atoms with Crippen molar-refractivity contribution in [2.24, 2.45) is 5.73 Å². The fraction of sp³-hybridized carbons (Fsp3) is 0.211. The van der Waals surface area contributed by atoms with Crippen LogP contribution in [0.1, 0.15) is 11.1 Å². The molecule has 0 spiro atoms. The lowest BCUT2D eigenvalue weighted by Gasteiger charge is -2.07. The van der Waals surface area contributed by atoms with Gasteiger partial charge in [-0.3, -0.25) is 9.35 Å². The zero-order valence-corrected chi connectivity index (χ0v) is 16.6. The predicted octanol–water partition coefficient (Wildman–Crippen LogP) is 3.19. The number of thiophene rings is 1. The van der Waals surface area contributed by atoms with Crippen molar-refractivity contribution >= 4 is 37.5 Å². The van der Waals surface area contributed by atoms with Crippen molar-refractivity contribution in [1.82, 2.24) is 0 Å². The third-order valence-corrected chi connectivity index (χ3v) is 5.70. The summed E-state index contributed by atoms with van der Waals surface area (Å²) in [7, 11) is -2.66. The van der Waals surface area contributed by atoms with E-state index in [1.165, 1.54) is 29.3 Å². The Hall–Kier alpha value is -2.26. The van der Waals surface area contributed by atoms with Crippen LogP contribution in [0.15, 0.2) is 58.8 Å². The van der Waals surface area contributed by atoms with Gasteiger partial charge in [0.2, 0.25) is 0 Å². The van der Waals surface area contributed by atoms with Gasteiger partial charge < -0.3 is 10.5 Å². The summed E-state index contributed by atoms with van der Waals surface area (Å²) in [5.41, 5.74) is 7.81. The van der Waals surface area contributed by atoms with Crippen LogP contribution in [0.4, 0.5) is 0 Å². The number of esters is 1. The number of hydrogen-bond acceptors (Lipinski definition) is 6. The normalized spacial score (nSPS) is 12.1. The molecule has 144 valence electrons. The summed E-state index contributed by atoms with van der Waals surface area (Å²) in [6.45, 7) is 1.84. The molecular formula is C19H21NO5S2. The summed E-state index contributed by atoms with van der Waals surface area (Å²) in [6.07, 6.45) is 0.524. The largest absolute Gasteiger partial charge is 0.468 e. The van der Waals surface area contributed by atoms with Crippen LogP contribution in [0.25, 0.3) is 10.1 Å². The summed E-state index contributed by atoms with van der Waals surface area (Å²) in [4.78, 5) is 11.2. The fourth-order valence-corrected chi connectivity index (χ4v) is 3.83. The first kappa shape index (κ1) is 21.0. The summed E-state index contributed by atoms with van der Waals surface area (Å²) in [5, 5.41) is 3.22. The first-order chi connectivity index (χ1) is 12.7. The van der Waals surface area contributed by atoms with E-state index in [1.807, 2.05) is 30.5 Å². The molecule has 1 atom stereocenters. The molecule has 0 aliphatic carbocycles. The van der Waals surface area contributed by atoms with Gasteiger partial charge in [-0.25, -0.2) is 0 Å². The Bertz CT molecular complexity index is 1010. The van der Waals surface area contributed by atoms with Crippen LogP contribution < -0.4 is 5.73 Å². The van der Waals surface area contributed by atoms with Crippen molar-refractivity contribution in [3.8, 4) is 0 Å².